The van der Waals surface area contributed by atoms with Crippen molar-refractivity contribution in [2.24, 2.45) is 4.99 Å². The molecule has 13 heteroatoms. The fourth-order valence-corrected chi connectivity index (χ4v) is 6.49. The maximum atomic E-state index is 13.2. The standard InChI is InChI=1S/C26H29ClN8O3S/c1-14-7-16-11-34(25(38)20-8-19-21(39-20)10-31-33-19)6-4-18(16)23(27)22(14)24(37)32-15(2)9-29-26(30-13-28)35-5-3-17(36)12-35/h7-8,10,15,17,36H,3-6,9,11-12H2,1-2H3,(H,29,30)(H,31,33)(H,32,37)/t15-,17+/m1/s1. The quantitative estimate of drug-likeness (QED) is 0.210. The zero-order chi connectivity index (χ0) is 27.7. The summed E-state index contributed by atoms with van der Waals surface area (Å²) in [7, 11) is 0. The van der Waals surface area contributed by atoms with Gasteiger partial charge in [-0.05, 0) is 49.4 Å². The van der Waals surface area contributed by atoms with Crippen LogP contribution in [0.15, 0.2) is 23.3 Å². The Morgan fingerprint density at radius 2 is 2.21 bits per heavy atom. The van der Waals surface area contributed by atoms with Gasteiger partial charge in [-0.1, -0.05) is 17.7 Å². The molecule has 11 nitrogen and oxygen atoms in total. The highest BCUT2D eigenvalue weighted by Gasteiger charge is 2.29. The third-order valence-corrected chi connectivity index (χ3v) is 8.54. The van der Waals surface area contributed by atoms with Gasteiger partial charge < -0.3 is 25.5 Å². The van der Waals surface area contributed by atoms with Crippen LogP contribution in [-0.2, 0) is 13.0 Å². The SMILES string of the molecule is Cc1cc2c(c(Cl)c1C(=O)N[C@H](C)CN/C(=N\C#N)N1CC[C@H](O)C1)CCN(C(=O)c1cc3[nH]ncc3s1)C2. The van der Waals surface area contributed by atoms with Gasteiger partial charge in [-0.2, -0.15) is 10.4 Å². The predicted molar refractivity (Wildman–Crippen MR) is 149 cm³/mol. The number of carbonyl (C=O) groups excluding carboxylic acids is 2. The van der Waals surface area contributed by atoms with Crippen molar-refractivity contribution in [1.82, 2.24) is 30.6 Å². The molecule has 2 aromatic heterocycles. The van der Waals surface area contributed by atoms with Crippen molar-refractivity contribution < 1.29 is 14.7 Å². The number of likely N-dealkylation sites (tertiary alicyclic amines) is 1. The van der Waals surface area contributed by atoms with Gasteiger partial charge in [0.15, 0.2) is 0 Å². The van der Waals surface area contributed by atoms with E-state index < -0.39 is 6.10 Å². The Labute approximate surface area is 234 Å². The Morgan fingerprint density at radius 3 is 2.92 bits per heavy atom. The normalized spacial score (nSPS) is 18.1. The number of aliphatic hydroxyl groups excluding tert-OH is 1. The van der Waals surface area contributed by atoms with Gasteiger partial charge in [0.05, 0.1) is 38.0 Å². The summed E-state index contributed by atoms with van der Waals surface area (Å²) in [5.41, 5.74) is 3.84. The number of rotatable bonds is 5. The lowest BCUT2D eigenvalue weighted by molar-refractivity contribution is 0.0739. The van der Waals surface area contributed by atoms with Crippen LogP contribution in [0.4, 0.5) is 0 Å². The summed E-state index contributed by atoms with van der Waals surface area (Å²) in [6.45, 7) is 5.97. The van der Waals surface area contributed by atoms with Crippen LogP contribution in [0.5, 0.6) is 0 Å². The molecule has 1 saturated heterocycles. The number of aromatic amines is 1. The molecule has 4 heterocycles. The molecule has 1 aromatic carbocycles. The second-order valence-electron chi connectivity index (χ2n) is 9.93. The summed E-state index contributed by atoms with van der Waals surface area (Å²) in [5, 5.41) is 32.2. The third kappa shape index (κ3) is 5.56. The summed E-state index contributed by atoms with van der Waals surface area (Å²) < 4.78 is 0.943. The van der Waals surface area contributed by atoms with Crippen molar-refractivity contribution >= 4 is 50.9 Å². The second-order valence-corrected chi connectivity index (χ2v) is 11.4. The molecule has 204 valence electrons. The maximum absolute atomic E-state index is 13.2. The molecule has 2 aliphatic rings. The van der Waals surface area contributed by atoms with E-state index in [9.17, 15) is 14.7 Å². The van der Waals surface area contributed by atoms with E-state index in [2.05, 4.69) is 25.8 Å². The van der Waals surface area contributed by atoms with E-state index >= 15 is 0 Å². The molecule has 2 aliphatic heterocycles. The number of benzene rings is 1. The first kappa shape index (κ1) is 26.9. The number of nitrogens with zero attached hydrogens (tertiary/aromatic N) is 5. The first-order chi connectivity index (χ1) is 18.7. The number of hydrogen-bond donors (Lipinski definition) is 4. The highest BCUT2D eigenvalue weighted by Crippen LogP contribution is 2.33. The topological polar surface area (TPSA) is 150 Å². The Hall–Kier alpha value is -3.66. The van der Waals surface area contributed by atoms with E-state index in [0.29, 0.717) is 67.0 Å². The van der Waals surface area contributed by atoms with Crippen molar-refractivity contribution in [3.05, 3.63) is 50.5 Å². The molecule has 2 atom stereocenters. The van der Waals surface area contributed by atoms with E-state index in [0.717, 1.165) is 26.9 Å². The van der Waals surface area contributed by atoms with Crippen LogP contribution in [0.2, 0.25) is 5.02 Å². The lowest BCUT2D eigenvalue weighted by Gasteiger charge is -2.30. The molecule has 1 fully saturated rings. The molecule has 39 heavy (non-hydrogen) atoms. The average molecular weight is 569 g/mol. The molecule has 0 saturated carbocycles. The number of aryl methyl sites for hydroxylation is 1. The molecular formula is C26H29ClN8O3S. The van der Waals surface area contributed by atoms with Crippen LogP contribution in [0, 0.1) is 18.4 Å². The Morgan fingerprint density at radius 1 is 1.38 bits per heavy atom. The lowest BCUT2D eigenvalue weighted by Crippen LogP contribution is -2.47. The number of nitrogens with one attached hydrogen (secondary N) is 3. The number of hydrogen-bond acceptors (Lipinski definition) is 7. The molecule has 0 unspecified atom stereocenters. The smallest absolute Gasteiger partial charge is 0.264 e. The molecule has 0 spiro atoms. The zero-order valence-corrected chi connectivity index (χ0v) is 23.2. The number of amides is 2. The fourth-order valence-electron chi connectivity index (χ4n) is 5.09. The summed E-state index contributed by atoms with van der Waals surface area (Å²) in [6, 6.07) is 3.48. The number of fused-ring (bicyclic) bond motifs is 2. The minimum Gasteiger partial charge on any atom is -0.391 e. The van der Waals surface area contributed by atoms with Crippen LogP contribution in [0.1, 0.15) is 50.1 Å². The van der Waals surface area contributed by atoms with Gasteiger partial charge in [-0.3, -0.25) is 14.7 Å². The summed E-state index contributed by atoms with van der Waals surface area (Å²) >= 11 is 8.20. The molecule has 0 bridgehead atoms. The van der Waals surface area contributed by atoms with Gasteiger partial charge in [0.1, 0.15) is 0 Å². The van der Waals surface area contributed by atoms with E-state index in [4.69, 9.17) is 16.9 Å². The molecule has 0 radical (unpaired) electrons. The van der Waals surface area contributed by atoms with E-state index in [-0.39, 0.29) is 17.9 Å². The van der Waals surface area contributed by atoms with Crippen molar-refractivity contribution in [3.63, 3.8) is 0 Å². The number of H-pyrrole nitrogens is 1. The average Bonchev–Trinajstić information content (AvgIpc) is 3.62. The van der Waals surface area contributed by atoms with Crippen LogP contribution in [0.25, 0.3) is 10.2 Å². The lowest BCUT2D eigenvalue weighted by atomic mass is 9.93. The molecule has 3 aromatic rings. The number of carbonyl (C=O) groups is 2. The molecular weight excluding hydrogens is 540 g/mol. The van der Waals surface area contributed by atoms with Crippen molar-refractivity contribution in [2.75, 3.05) is 26.2 Å². The number of guanidine groups is 1. The minimum absolute atomic E-state index is 0.0325. The third-order valence-electron chi connectivity index (χ3n) is 7.07. The molecule has 2 amide bonds. The van der Waals surface area contributed by atoms with E-state index in [1.54, 1.807) is 12.4 Å². The number of β-amino-alcohol motifs (C(OH)–C–C–N with tert-alkyl or cyclic N) is 1. The Kier molecular flexibility index (Phi) is 7.74. The Bertz CT molecular complexity index is 1460. The van der Waals surface area contributed by atoms with Gasteiger partial charge in [0, 0.05) is 38.8 Å². The van der Waals surface area contributed by atoms with Gasteiger partial charge in [0.25, 0.3) is 11.8 Å². The van der Waals surface area contributed by atoms with Crippen molar-refractivity contribution in [1.29, 1.82) is 5.26 Å². The largest absolute Gasteiger partial charge is 0.391 e. The van der Waals surface area contributed by atoms with Crippen LogP contribution in [0.3, 0.4) is 0 Å². The van der Waals surface area contributed by atoms with E-state index in [1.165, 1.54) is 11.3 Å². The van der Waals surface area contributed by atoms with Gasteiger partial charge in [-0.25, -0.2) is 0 Å². The number of nitriles is 1. The number of aromatic nitrogens is 2. The van der Waals surface area contributed by atoms with Crippen LogP contribution < -0.4 is 10.6 Å². The maximum Gasteiger partial charge on any atom is 0.264 e. The van der Waals surface area contributed by atoms with Crippen LogP contribution in [-0.4, -0.2) is 81.2 Å². The highest BCUT2D eigenvalue weighted by atomic mass is 35.5. The predicted octanol–water partition coefficient (Wildman–Crippen LogP) is 2.40. The molecule has 5 rings (SSSR count). The van der Waals surface area contributed by atoms with Gasteiger partial charge >= 0.3 is 0 Å². The highest BCUT2D eigenvalue weighted by molar-refractivity contribution is 7.20. The first-order valence-electron chi connectivity index (χ1n) is 12.7. The van der Waals surface area contributed by atoms with Gasteiger partial charge in [0.2, 0.25) is 12.2 Å². The van der Waals surface area contributed by atoms with E-state index in [1.807, 2.05) is 35.8 Å². The second kappa shape index (κ2) is 11.2. The fraction of sp³-hybridized carbons (Fsp3) is 0.423. The molecule has 4 N–H and O–H groups in total. The monoisotopic (exact) mass is 568 g/mol. The molecule has 0 aliphatic carbocycles. The zero-order valence-electron chi connectivity index (χ0n) is 21.6. The van der Waals surface area contributed by atoms with Crippen molar-refractivity contribution in [2.45, 2.75) is 45.4 Å². The minimum atomic E-state index is -0.448. The summed E-state index contributed by atoms with van der Waals surface area (Å²) in [6.07, 6.45) is 4.22. The number of thiophene rings is 1. The first-order valence-corrected chi connectivity index (χ1v) is 13.9. The number of aliphatic imine (C=N–C) groups is 1. The van der Waals surface area contributed by atoms with Crippen LogP contribution >= 0.6 is 22.9 Å². The number of aliphatic hydroxyl groups is 1. The Balaban J connectivity index is 1.24. The van der Waals surface area contributed by atoms with Crippen molar-refractivity contribution in [3.8, 4) is 6.19 Å². The number of halogens is 1. The summed E-state index contributed by atoms with van der Waals surface area (Å²) in [4.78, 5) is 34.5. The van der Waals surface area contributed by atoms with Gasteiger partial charge in [-0.15, -0.1) is 16.3 Å². The summed E-state index contributed by atoms with van der Waals surface area (Å²) in [5.74, 6) is 0.0643.